The van der Waals surface area contributed by atoms with Crippen molar-refractivity contribution in [1.29, 1.82) is 0 Å². The quantitative estimate of drug-likeness (QED) is 0.436. The Morgan fingerprint density at radius 2 is 1.82 bits per heavy atom. The molecular weight excluding hydrogens is 453 g/mol. The number of halogens is 3. The van der Waals surface area contributed by atoms with Crippen molar-refractivity contribution in [3.63, 3.8) is 0 Å². The van der Waals surface area contributed by atoms with Gasteiger partial charge in [-0.2, -0.15) is 13.2 Å². The van der Waals surface area contributed by atoms with Crippen LogP contribution in [0.3, 0.4) is 0 Å². The number of nitrogens with two attached hydrogens (primary N) is 1. The van der Waals surface area contributed by atoms with Crippen molar-refractivity contribution < 1.29 is 27.5 Å². The molecule has 0 fully saturated rings. The number of anilines is 2. The second kappa shape index (κ2) is 8.46. The summed E-state index contributed by atoms with van der Waals surface area (Å²) in [4.78, 5) is 36.9. The van der Waals surface area contributed by atoms with Gasteiger partial charge in [0.2, 0.25) is 0 Å². The molecule has 174 valence electrons. The molecule has 0 unspecified atom stereocenters. The number of hydrogen-bond donors (Lipinski definition) is 2. The van der Waals surface area contributed by atoms with E-state index < -0.39 is 23.6 Å². The van der Waals surface area contributed by atoms with E-state index in [0.717, 1.165) is 18.3 Å². The summed E-state index contributed by atoms with van der Waals surface area (Å²) in [5, 5.41) is 2.35. The van der Waals surface area contributed by atoms with Gasteiger partial charge in [-0.05, 0) is 31.2 Å². The molecule has 0 saturated carbocycles. The average Bonchev–Trinajstić information content (AvgIpc) is 3.16. The maximum atomic E-state index is 12.9. The third-order valence-corrected chi connectivity index (χ3v) is 5.00. The second-order valence-electron chi connectivity index (χ2n) is 7.17. The Hall–Kier alpha value is -4.48. The van der Waals surface area contributed by atoms with Crippen molar-refractivity contribution >= 4 is 29.0 Å². The van der Waals surface area contributed by atoms with Gasteiger partial charge in [-0.15, -0.1) is 0 Å². The molecular formula is C22H17F3N6O3. The van der Waals surface area contributed by atoms with Gasteiger partial charge in [-0.25, -0.2) is 19.7 Å². The Morgan fingerprint density at radius 3 is 2.47 bits per heavy atom. The molecule has 1 aromatic carbocycles. The van der Waals surface area contributed by atoms with Crippen LogP contribution in [0.4, 0.5) is 24.8 Å². The lowest BCUT2D eigenvalue weighted by Crippen LogP contribution is -2.14. The number of aryl methyl sites for hydroxylation is 1. The number of ether oxygens (including phenoxy) is 1. The summed E-state index contributed by atoms with van der Waals surface area (Å²) in [6.45, 7) is 1.69. The molecule has 3 aromatic heterocycles. The fourth-order valence-electron chi connectivity index (χ4n) is 3.41. The maximum absolute atomic E-state index is 12.9. The molecule has 0 saturated heterocycles. The van der Waals surface area contributed by atoms with Gasteiger partial charge in [0.05, 0.1) is 18.9 Å². The molecule has 1 amide bonds. The molecule has 34 heavy (non-hydrogen) atoms. The summed E-state index contributed by atoms with van der Waals surface area (Å²) in [5.41, 5.74) is 6.86. The fourth-order valence-corrected chi connectivity index (χ4v) is 3.41. The van der Waals surface area contributed by atoms with Crippen LogP contribution in [0.1, 0.15) is 32.2 Å². The molecule has 3 heterocycles. The smallest absolute Gasteiger partial charge is 0.416 e. The van der Waals surface area contributed by atoms with Crippen LogP contribution in [0.25, 0.3) is 16.8 Å². The first kappa shape index (κ1) is 22.7. The number of carbonyl (C=O) groups is 2. The number of amides is 1. The van der Waals surface area contributed by atoms with Gasteiger partial charge in [0.15, 0.2) is 5.69 Å². The normalized spacial score (nSPS) is 11.4. The predicted molar refractivity (Wildman–Crippen MR) is 116 cm³/mol. The Bertz CT molecular complexity index is 1410. The van der Waals surface area contributed by atoms with Gasteiger partial charge in [0.1, 0.15) is 28.7 Å². The zero-order valence-corrected chi connectivity index (χ0v) is 17.8. The predicted octanol–water partition coefficient (Wildman–Crippen LogP) is 3.74. The number of carbonyl (C=O) groups excluding carboxylic acids is 2. The molecule has 3 N–H and O–H groups in total. The van der Waals surface area contributed by atoms with Crippen LogP contribution in [0.15, 0.2) is 48.8 Å². The van der Waals surface area contributed by atoms with Crippen molar-refractivity contribution in [2.75, 3.05) is 18.2 Å². The number of alkyl halides is 3. The topological polar surface area (TPSA) is 124 Å². The minimum atomic E-state index is -4.56. The molecule has 0 aliphatic heterocycles. The zero-order chi connectivity index (χ0) is 24.6. The van der Waals surface area contributed by atoms with E-state index in [9.17, 15) is 22.8 Å². The summed E-state index contributed by atoms with van der Waals surface area (Å²) in [6, 6.07) is 7.72. The summed E-state index contributed by atoms with van der Waals surface area (Å²) in [7, 11) is 1.25. The van der Waals surface area contributed by atoms with Gasteiger partial charge in [0, 0.05) is 17.3 Å². The number of nitrogens with one attached hydrogen (secondary N) is 1. The van der Waals surface area contributed by atoms with Gasteiger partial charge in [-0.3, -0.25) is 9.20 Å². The van der Waals surface area contributed by atoms with E-state index in [-0.39, 0.29) is 22.9 Å². The van der Waals surface area contributed by atoms with E-state index in [1.54, 1.807) is 19.1 Å². The van der Waals surface area contributed by atoms with Crippen LogP contribution in [0.5, 0.6) is 0 Å². The Kier molecular flexibility index (Phi) is 5.65. The molecule has 0 aliphatic rings. The van der Waals surface area contributed by atoms with E-state index >= 15 is 0 Å². The highest BCUT2D eigenvalue weighted by Gasteiger charge is 2.31. The number of rotatable bonds is 4. The van der Waals surface area contributed by atoms with Gasteiger partial charge in [-0.1, -0.05) is 12.1 Å². The number of imidazole rings is 1. The molecule has 0 radical (unpaired) electrons. The first-order valence-electron chi connectivity index (χ1n) is 9.77. The molecule has 0 spiro atoms. The third kappa shape index (κ3) is 4.12. The Morgan fingerprint density at radius 1 is 1.12 bits per heavy atom. The number of nitrogens with zero attached hydrogens (tertiary/aromatic N) is 4. The number of methoxy groups -OCH3 is 1. The lowest BCUT2D eigenvalue weighted by molar-refractivity contribution is -0.137. The number of benzene rings is 1. The molecule has 0 aliphatic carbocycles. The molecule has 4 aromatic rings. The van der Waals surface area contributed by atoms with Crippen molar-refractivity contribution in [2.45, 2.75) is 13.1 Å². The van der Waals surface area contributed by atoms with Gasteiger partial charge < -0.3 is 15.8 Å². The van der Waals surface area contributed by atoms with Gasteiger partial charge in [0.25, 0.3) is 5.91 Å². The highest BCUT2D eigenvalue weighted by Crippen LogP contribution is 2.31. The number of fused-ring (bicyclic) bond motifs is 1. The highest BCUT2D eigenvalue weighted by molar-refractivity contribution is 6.04. The van der Waals surface area contributed by atoms with Gasteiger partial charge >= 0.3 is 12.1 Å². The van der Waals surface area contributed by atoms with E-state index in [1.165, 1.54) is 29.8 Å². The van der Waals surface area contributed by atoms with Crippen LogP contribution in [0.2, 0.25) is 0 Å². The SMILES string of the molecule is COC(=O)c1cnc(N)c2c(-c3ccc(C(=O)Nc4cc(C(F)(F)F)ccn4)cc3)nc(C)n12. The van der Waals surface area contributed by atoms with Crippen molar-refractivity contribution in [3.8, 4) is 11.3 Å². The van der Waals surface area contributed by atoms with Crippen molar-refractivity contribution in [2.24, 2.45) is 0 Å². The van der Waals surface area contributed by atoms with Crippen LogP contribution >= 0.6 is 0 Å². The summed E-state index contributed by atoms with van der Waals surface area (Å²) in [5.74, 6) is -0.871. The molecule has 9 nitrogen and oxygen atoms in total. The molecule has 0 bridgehead atoms. The molecule has 0 atom stereocenters. The van der Waals surface area contributed by atoms with Crippen LogP contribution in [-0.2, 0) is 10.9 Å². The Labute approximate surface area is 190 Å². The van der Waals surface area contributed by atoms with Crippen LogP contribution in [-0.4, -0.2) is 38.3 Å². The van der Waals surface area contributed by atoms with E-state index in [0.29, 0.717) is 22.6 Å². The standard InChI is InChI=1S/C22H17F3N6O3/c1-11-29-17(18-19(26)28-10-15(31(11)18)21(33)34-2)12-3-5-13(6-4-12)20(32)30-16-9-14(7-8-27-16)22(23,24)25/h3-10H,1-2H3,(H2,26,28)(H,27,30,32). The Balaban J connectivity index is 1.65. The first-order chi connectivity index (χ1) is 16.1. The third-order valence-electron chi connectivity index (χ3n) is 5.00. The molecule has 12 heteroatoms. The number of aromatic nitrogens is 4. The second-order valence-corrected chi connectivity index (χ2v) is 7.17. The van der Waals surface area contributed by atoms with Crippen LogP contribution < -0.4 is 11.1 Å². The van der Waals surface area contributed by atoms with Crippen LogP contribution in [0, 0.1) is 6.92 Å². The maximum Gasteiger partial charge on any atom is 0.416 e. The average molecular weight is 470 g/mol. The summed E-state index contributed by atoms with van der Waals surface area (Å²) < 4.78 is 45.0. The minimum absolute atomic E-state index is 0.140. The lowest BCUT2D eigenvalue weighted by Gasteiger charge is -2.09. The number of pyridine rings is 1. The van der Waals surface area contributed by atoms with Crippen molar-refractivity contribution in [3.05, 3.63) is 71.4 Å². The number of esters is 1. The largest absolute Gasteiger partial charge is 0.464 e. The monoisotopic (exact) mass is 470 g/mol. The summed E-state index contributed by atoms with van der Waals surface area (Å²) >= 11 is 0. The van der Waals surface area contributed by atoms with Crippen molar-refractivity contribution in [1.82, 2.24) is 19.4 Å². The minimum Gasteiger partial charge on any atom is -0.464 e. The van der Waals surface area contributed by atoms with E-state index in [4.69, 9.17) is 10.5 Å². The number of hydrogen-bond acceptors (Lipinski definition) is 7. The number of nitrogen functional groups attached to an aromatic ring is 1. The zero-order valence-electron chi connectivity index (χ0n) is 17.8. The molecule has 4 rings (SSSR count). The van der Waals surface area contributed by atoms with E-state index in [2.05, 4.69) is 20.3 Å². The lowest BCUT2D eigenvalue weighted by atomic mass is 10.1. The highest BCUT2D eigenvalue weighted by atomic mass is 19.4. The summed E-state index contributed by atoms with van der Waals surface area (Å²) in [6.07, 6.45) is -2.30. The first-order valence-corrected chi connectivity index (χ1v) is 9.77. The van der Waals surface area contributed by atoms with E-state index in [1.807, 2.05) is 0 Å². The fraction of sp³-hybridized carbons (Fsp3) is 0.136.